The molecule has 12 nitrogen and oxygen atoms in total. The van der Waals surface area contributed by atoms with E-state index in [2.05, 4.69) is 35.8 Å². The van der Waals surface area contributed by atoms with Crippen LogP contribution in [0.25, 0.3) is 5.69 Å². The summed E-state index contributed by atoms with van der Waals surface area (Å²) in [5.41, 5.74) is 7.00. The summed E-state index contributed by atoms with van der Waals surface area (Å²) in [6.07, 6.45) is 6.24. The molecule has 0 unspecified atom stereocenters. The topological polar surface area (TPSA) is 163 Å². The first-order valence-corrected chi connectivity index (χ1v) is 12.9. The number of primary amides is 1. The molecule has 41 heavy (non-hydrogen) atoms. The van der Waals surface area contributed by atoms with E-state index in [0.29, 0.717) is 22.8 Å². The zero-order valence-electron chi connectivity index (χ0n) is 23.4. The van der Waals surface area contributed by atoms with Crippen molar-refractivity contribution in [2.45, 2.75) is 52.7 Å². The first kappa shape index (κ1) is 29.1. The van der Waals surface area contributed by atoms with Crippen molar-refractivity contribution in [2.24, 2.45) is 11.7 Å². The lowest BCUT2D eigenvalue weighted by atomic mass is 9.94. The van der Waals surface area contributed by atoms with Crippen molar-refractivity contribution < 1.29 is 18.7 Å². The Morgan fingerprint density at radius 2 is 1.83 bits per heavy atom. The quantitative estimate of drug-likeness (QED) is 0.238. The molecule has 0 bridgehead atoms. The van der Waals surface area contributed by atoms with Crippen LogP contribution in [0.5, 0.6) is 0 Å². The van der Waals surface area contributed by atoms with E-state index in [4.69, 9.17) is 10.5 Å². The van der Waals surface area contributed by atoms with Crippen molar-refractivity contribution in [1.82, 2.24) is 29.9 Å². The molecule has 0 radical (unpaired) electrons. The summed E-state index contributed by atoms with van der Waals surface area (Å²) >= 11 is 0. The summed E-state index contributed by atoms with van der Waals surface area (Å²) in [6, 6.07) is 7.40. The molecule has 4 aromatic heterocycles. The van der Waals surface area contributed by atoms with E-state index in [1.807, 2.05) is 6.92 Å². The number of carbonyl (C=O) groups excluding carboxylic acids is 2. The van der Waals surface area contributed by atoms with Gasteiger partial charge in [-0.2, -0.15) is 10.2 Å². The number of esters is 1. The molecule has 0 aliphatic carbocycles. The van der Waals surface area contributed by atoms with Gasteiger partial charge in [-0.25, -0.2) is 9.37 Å². The summed E-state index contributed by atoms with van der Waals surface area (Å²) in [5.74, 6) is -2.62. The number of nitrogens with one attached hydrogen (secondary N) is 2. The number of aryl methyl sites for hydroxylation is 1. The van der Waals surface area contributed by atoms with Crippen LogP contribution < -0.4 is 16.4 Å². The summed E-state index contributed by atoms with van der Waals surface area (Å²) in [6.45, 7) is 8.99. The molecule has 4 rings (SSSR count). The average Bonchev–Trinajstić information content (AvgIpc) is 3.43. The molecular weight excluding hydrogens is 529 g/mol. The number of halogens is 1. The number of hydrogen-bond acceptors (Lipinski definition) is 10. The Balaban J connectivity index is 1.68. The first-order chi connectivity index (χ1) is 19.4. The van der Waals surface area contributed by atoms with Gasteiger partial charge in [0.05, 0.1) is 53.7 Å². The maximum atomic E-state index is 15.4. The third kappa shape index (κ3) is 7.38. The van der Waals surface area contributed by atoms with Gasteiger partial charge in [0.15, 0.2) is 11.6 Å². The number of nitrogens with two attached hydrogens (primary N) is 1. The number of aromatic nitrogens is 6. The van der Waals surface area contributed by atoms with Gasteiger partial charge in [-0.3, -0.25) is 19.6 Å². The van der Waals surface area contributed by atoms with Gasteiger partial charge >= 0.3 is 5.97 Å². The Kier molecular flexibility index (Phi) is 8.55. The molecule has 0 aromatic carbocycles. The predicted molar refractivity (Wildman–Crippen MR) is 150 cm³/mol. The minimum absolute atomic E-state index is 0.00555. The summed E-state index contributed by atoms with van der Waals surface area (Å²) in [5, 5.41) is 14.4. The highest BCUT2D eigenvalue weighted by Gasteiger charge is 2.28. The smallest absolute Gasteiger partial charge is 0.306 e. The molecule has 0 saturated heterocycles. The van der Waals surface area contributed by atoms with E-state index >= 15 is 4.39 Å². The first-order valence-electron chi connectivity index (χ1n) is 12.9. The highest BCUT2D eigenvalue weighted by molar-refractivity contribution is 5.98. The number of hydrogen-bond donors (Lipinski definition) is 3. The monoisotopic (exact) mass is 561 g/mol. The zero-order chi connectivity index (χ0) is 29.7. The molecule has 0 saturated carbocycles. The number of carbonyl (C=O) groups is 2. The zero-order valence-corrected chi connectivity index (χ0v) is 23.4. The van der Waals surface area contributed by atoms with Crippen LogP contribution in [0.2, 0.25) is 0 Å². The number of nitrogens with zero attached hydrogens (tertiary/aromatic N) is 6. The fraction of sp³-hybridized carbons (Fsp3) is 0.321. The fourth-order valence-electron chi connectivity index (χ4n) is 4.12. The van der Waals surface area contributed by atoms with Gasteiger partial charge in [0.1, 0.15) is 17.1 Å². The Labute approximate surface area is 236 Å². The molecule has 0 aliphatic rings. The number of pyridine rings is 3. The summed E-state index contributed by atoms with van der Waals surface area (Å²) in [7, 11) is 0. The Hall–Kier alpha value is -4.94. The van der Waals surface area contributed by atoms with Gasteiger partial charge < -0.3 is 21.1 Å². The van der Waals surface area contributed by atoms with Crippen molar-refractivity contribution in [3.8, 4) is 5.69 Å². The van der Waals surface area contributed by atoms with Crippen molar-refractivity contribution >= 4 is 29.2 Å². The molecule has 4 N–H and O–H groups in total. The number of amides is 1. The Bertz CT molecular complexity index is 1520. The fourth-order valence-corrected chi connectivity index (χ4v) is 4.12. The van der Waals surface area contributed by atoms with E-state index < -0.39 is 29.3 Å². The lowest BCUT2D eigenvalue weighted by Crippen LogP contribution is -2.28. The van der Waals surface area contributed by atoms with Crippen LogP contribution in [0.1, 0.15) is 61.9 Å². The second-order valence-corrected chi connectivity index (χ2v) is 10.5. The van der Waals surface area contributed by atoms with E-state index in [9.17, 15) is 9.59 Å². The SMILES string of the molecule is Cc1ncc(Nc2nc(N[C@H](c3ccccn3)[C@H](C)CC(=O)OC(C)(C)C)c(F)cc2C(N)=O)cc1-n1nccn1. The molecule has 4 heterocycles. The van der Waals surface area contributed by atoms with Gasteiger partial charge in [0.25, 0.3) is 5.91 Å². The lowest BCUT2D eigenvalue weighted by molar-refractivity contribution is -0.155. The molecule has 1 amide bonds. The molecule has 0 aliphatic heterocycles. The maximum absolute atomic E-state index is 15.4. The van der Waals surface area contributed by atoms with Crippen LogP contribution in [-0.2, 0) is 9.53 Å². The highest BCUT2D eigenvalue weighted by Crippen LogP contribution is 2.31. The van der Waals surface area contributed by atoms with Crippen LogP contribution in [-0.4, -0.2) is 47.4 Å². The molecule has 13 heteroatoms. The van der Waals surface area contributed by atoms with Crippen molar-refractivity contribution in [3.63, 3.8) is 0 Å². The molecule has 0 spiro atoms. The Morgan fingerprint density at radius 1 is 1.10 bits per heavy atom. The third-order valence-electron chi connectivity index (χ3n) is 5.97. The van der Waals surface area contributed by atoms with Gasteiger partial charge in [-0.1, -0.05) is 13.0 Å². The predicted octanol–water partition coefficient (Wildman–Crippen LogP) is 4.26. The van der Waals surface area contributed by atoms with E-state index in [1.54, 1.807) is 58.2 Å². The number of anilines is 3. The second-order valence-electron chi connectivity index (χ2n) is 10.5. The molecule has 2 atom stereocenters. The van der Waals surface area contributed by atoms with Gasteiger partial charge in [-0.15, -0.1) is 4.80 Å². The van der Waals surface area contributed by atoms with Gasteiger partial charge in [0.2, 0.25) is 0 Å². The van der Waals surface area contributed by atoms with Gasteiger partial charge in [0, 0.05) is 6.20 Å². The largest absolute Gasteiger partial charge is 0.460 e. The third-order valence-corrected chi connectivity index (χ3v) is 5.97. The van der Waals surface area contributed by atoms with Crippen LogP contribution in [0.3, 0.4) is 0 Å². The van der Waals surface area contributed by atoms with Crippen molar-refractivity contribution in [3.05, 3.63) is 77.9 Å². The normalized spacial score (nSPS) is 12.8. The molecular formula is C28H32FN9O3. The summed E-state index contributed by atoms with van der Waals surface area (Å²) < 4.78 is 20.8. The Morgan fingerprint density at radius 3 is 2.46 bits per heavy atom. The van der Waals surface area contributed by atoms with Crippen LogP contribution >= 0.6 is 0 Å². The second kappa shape index (κ2) is 12.1. The van der Waals surface area contributed by atoms with E-state index in [1.165, 1.54) is 23.4 Å². The van der Waals surface area contributed by atoms with E-state index in [0.717, 1.165) is 6.07 Å². The van der Waals surface area contributed by atoms with Crippen molar-refractivity contribution in [1.29, 1.82) is 0 Å². The maximum Gasteiger partial charge on any atom is 0.306 e. The van der Waals surface area contributed by atoms with Gasteiger partial charge in [-0.05, 0) is 57.9 Å². The molecule has 214 valence electrons. The highest BCUT2D eigenvalue weighted by atomic mass is 19.1. The standard InChI is InChI=1S/C28H32FN9O3/c1-16(12-23(39)41-28(3,4)5)24(21-8-6-7-9-31-21)36-27-20(29)14-19(25(30)40)26(37-27)35-18-13-22(17(2)32-15-18)38-33-10-11-34-38/h6-11,13-16,24H,12H2,1-5H3,(H2,30,40)(H2,35,36,37)/t16-,24+/m1/s1. The van der Waals surface area contributed by atoms with Crippen molar-refractivity contribution in [2.75, 3.05) is 10.6 Å². The van der Waals surface area contributed by atoms with Crippen LogP contribution in [0, 0.1) is 18.7 Å². The molecule has 0 fully saturated rings. The minimum atomic E-state index is -0.876. The van der Waals surface area contributed by atoms with Crippen LogP contribution in [0.15, 0.2) is 55.1 Å². The lowest BCUT2D eigenvalue weighted by Gasteiger charge is -2.27. The summed E-state index contributed by atoms with van der Waals surface area (Å²) in [4.78, 5) is 39.4. The average molecular weight is 562 g/mol. The minimum Gasteiger partial charge on any atom is -0.460 e. The van der Waals surface area contributed by atoms with E-state index in [-0.39, 0.29) is 29.5 Å². The van der Waals surface area contributed by atoms with Crippen LogP contribution in [0.4, 0.5) is 21.7 Å². The number of ether oxygens (including phenoxy) is 1. The number of rotatable bonds is 10. The molecule has 4 aromatic rings.